The Bertz CT molecular complexity index is 326. The molecule has 0 amide bonds. The van der Waals surface area contributed by atoms with E-state index in [1.807, 2.05) is 25.2 Å². The van der Waals surface area contributed by atoms with E-state index in [4.69, 9.17) is 23.2 Å². The van der Waals surface area contributed by atoms with Crippen molar-refractivity contribution in [3.8, 4) is 0 Å². The highest BCUT2D eigenvalue weighted by Crippen LogP contribution is 2.23. The Hall–Kier alpha value is -0.240. The van der Waals surface area contributed by atoms with Crippen LogP contribution in [0.1, 0.15) is 25.3 Å². The average molecular weight is 260 g/mol. The number of hydrogen-bond donors (Lipinski definition) is 1. The lowest BCUT2D eigenvalue weighted by Crippen LogP contribution is -2.11. The first-order valence-electron chi connectivity index (χ1n) is 5.72. The second kappa shape index (κ2) is 7.16. The minimum Gasteiger partial charge on any atom is -0.320 e. The van der Waals surface area contributed by atoms with Crippen LogP contribution in [-0.2, 0) is 6.42 Å². The van der Waals surface area contributed by atoms with E-state index in [1.54, 1.807) is 0 Å². The normalized spacial score (nSPS) is 12.8. The van der Waals surface area contributed by atoms with E-state index < -0.39 is 0 Å². The van der Waals surface area contributed by atoms with Gasteiger partial charge in [0.2, 0.25) is 0 Å². The number of halogens is 2. The third kappa shape index (κ3) is 4.73. The van der Waals surface area contributed by atoms with Gasteiger partial charge < -0.3 is 5.32 Å². The molecule has 0 fully saturated rings. The zero-order valence-electron chi connectivity index (χ0n) is 9.89. The van der Waals surface area contributed by atoms with Crippen molar-refractivity contribution in [3.05, 3.63) is 33.8 Å². The molecule has 0 bridgehead atoms. The van der Waals surface area contributed by atoms with Crippen molar-refractivity contribution in [2.45, 2.75) is 26.2 Å². The molecule has 0 saturated heterocycles. The topological polar surface area (TPSA) is 12.0 Å². The van der Waals surface area contributed by atoms with Crippen LogP contribution in [0, 0.1) is 5.92 Å². The monoisotopic (exact) mass is 259 g/mol. The van der Waals surface area contributed by atoms with E-state index in [2.05, 4.69) is 12.2 Å². The standard InChI is InChI=1S/C13H19Cl2N/c1-10(7-8-16-2)3-4-11-5-6-12(14)9-13(11)15/h5-6,9-10,16H,3-4,7-8H2,1-2H3. The first kappa shape index (κ1) is 13.8. The summed E-state index contributed by atoms with van der Waals surface area (Å²) in [6.07, 6.45) is 3.41. The third-order valence-corrected chi connectivity index (χ3v) is 3.40. The van der Waals surface area contributed by atoms with Crippen LogP contribution in [0.2, 0.25) is 10.0 Å². The molecule has 0 heterocycles. The highest BCUT2D eigenvalue weighted by atomic mass is 35.5. The zero-order chi connectivity index (χ0) is 12.0. The first-order chi connectivity index (χ1) is 7.63. The van der Waals surface area contributed by atoms with Gasteiger partial charge in [-0.15, -0.1) is 0 Å². The summed E-state index contributed by atoms with van der Waals surface area (Å²) in [5.41, 5.74) is 1.20. The van der Waals surface area contributed by atoms with Crippen LogP contribution in [-0.4, -0.2) is 13.6 Å². The van der Waals surface area contributed by atoms with Crippen LogP contribution in [0.5, 0.6) is 0 Å². The van der Waals surface area contributed by atoms with Crippen LogP contribution in [0.4, 0.5) is 0 Å². The lowest BCUT2D eigenvalue weighted by atomic mass is 9.98. The molecular formula is C13H19Cl2N. The molecule has 0 saturated carbocycles. The molecule has 1 aromatic rings. The SMILES string of the molecule is CNCCC(C)CCc1ccc(Cl)cc1Cl. The van der Waals surface area contributed by atoms with E-state index >= 15 is 0 Å². The Morgan fingerprint density at radius 2 is 2.00 bits per heavy atom. The summed E-state index contributed by atoms with van der Waals surface area (Å²) in [5, 5.41) is 4.66. The van der Waals surface area contributed by atoms with Gasteiger partial charge in [0.1, 0.15) is 0 Å². The summed E-state index contributed by atoms with van der Waals surface area (Å²) in [7, 11) is 1.99. The molecule has 1 atom stereocenters. The van der Waals surface area contributed by atoms with Gasteiger partial charge in [0.15, 0.2) is 0 Å². The molecule has 0 radical (unpaired) electrons. The molecule has 0 aromatic heterocycles. The Kier molecular flexibility index (Phi) is 6.18. The fraction of sp³-hybridized carbons (Fsp3) is 0.538. The number of aryl methyl sites for hydroxylation is 1. The Morgan fingerprint density at radius 3 is 2.62 bits per heavy atom. The first-order valence-corrected chi connectivity index (χ1v) is 6.47. The smallest absolute Gasteiger partial charge is 0.0452 e. The van der Waals surface area contributed by atoms with E-state index in [9.17, 15) is 0 Å². The minimum atomic E-state index is 0.706. The number of nitrogens with one attached hydrogen (secondary N) is 1. The lowest BCUT2D eigenvalue weighted by Gasteiger charge is -2.11. The molecule has 1 rings (SSSR count). The van der Waals surface area contributed by atoms with E-state index in [0.29, 0.717) is 5.02 Å². The molecule has 1 N–H and O–H groups in total. The Balaban J connectivity index is 2.42. The average Bonchev–Trinajstić information content (AvgIpc) is 2.25. The van der Waals surface area contributed by atoms with Crippen LogP contribution in [0.3, 0.4) is 0 Å². The molecule has 90 valence electrons. The molecule has 1 aromatic carbocycles. The summed E-state index contributed by atoms with van der Waals surface area (Å²) in [6.45, 7) is 3.36. The molecule has 1 unspecified atom stereocenters. The summed E-state index contributed by atoms with van der Waals surface area (Å²) in [4.78, 5) is 0. The molecule has 0 spiro atoms. The van der Waals surface area contributed by atoms with Gasteiger partial charge in [-0.3, -0.25) is 0 Å². The molecular weight excluding hydrogens is 241 g/mol. The van der Waals surface area contributed by atoms with Crippen molar-refractivity contribution >= 4 is 23.2 Å². The molecule has 16 heavy (non-hydrogen) atoms. The summed E-state index contributed by atoms with van der Waals surface area (Å²) in [6, 6.07) is 5.74. The van der Waals surface area contributed by atoms with Crippen molar-refractivity contribution in [1.82, 2.24) is 5.32 Å². The predicted molar refractivity (Wildman–Crippen MR) is 72.5 cm³/mol. The maximum atomic E-state index is 6.12. The van der Waals surface area contributed by atoms with E-state index in [-0.39, 0.29) is 0 Å². The van der Waals surface area contributed by atoms with Crippen molar-refractivity contribution < 1.29 is 0 Å². The summed E-state index contributed by atoms with van der Waals surface area (Å²) >= 11 is 12.0. The largest absolute Gasteiger partial charge is 0.320 e. The van der Waals surface area contributed by atoms with E-state index in [1.165, 1.54) is 18.4 Å². The number of benzene rings is 1. The van der Waals surface area contributed by atoms with Crippen molar-refractivity contribution in [2.75, 3.05) is 13.6 Å². The fourth-order valence-corrected chi connectivity index (χ4v) is 2.16. The van der Waals surface area contributed by atoms with Crippen molar-refractivity contribution in [3.63, 3.8) is 0 Å². The van der Waals surface area contributed by atoms with Gasteiger partial charge >= 0.3 is 0 Å². The van der Waals surface area contributed by atoms with Crippen molar-refractivity contribution in [1.29, 1.82) is 0 Å². The van der Waals surface area contributed by atoms with Gasteiger partial charge in [0, 0.05) is 10.0 Å². The molecule has 0 aliphatic heterocycles. The molecule has 3 heteroatoms. The van der Waals surface area contributed by atoms with Gasteiger partial charge in [-0.1, -0.05) is 36.2 Å². The Labute approximate surface area is 108 Å². The summed E-state index contributed by atoms with van der Waals surface area (Å²) in [5.74, 6) is 0.721. The second-order valence-corrected chi connectivity index (χ2v) is 5.12. The molecule has 1 nitrogen and oxygen atoms in total. The Morgan fingerprint density at radius 1 is 1.25 bits per heavy atom. The molecule has 0 aliphatic rings. The maximum absolute atomic E-state index is 6.12. The fourth-order valence-electron chi connectivity index (χ4n) is 1.66. The number of rotatable bonds is 6. The van der Waals surface area contributed by atoms with Gasteiger partial charge in [-0.05, 0) is 56.5 Å². The van der Waals surface area contributed by atoms with E-state index in [0.717, 1.165) is 23.9 Å². The zero-order valence-corrected chi connectivity index (χ0v) is 11.4. The van der Waals surface area contributed by atoms with Gasteiger partial charge in [-0.25, -0.2) is 0 Å². The van der Waals surface area contributed by atoms with Gasteiger partial charge in [0.05, 0.1) is 0 Å². The summed E-state index contributed by atoms with van der Waals surface area (Å²) < 4.78 is 0. The molecule has 0 aliphatic carbocycles. The quantitative estimate of drug-likeness (QED) is 0.809. The third-order valence-electron chi connectivity index (χ3n) is 2.81. The van der Waals surface area contributed by atoms with Crippen LogP contribution >= 0.6 is 23.2 Å². The predicted octanol–water partition coefficient (Wildman–Crippen LogP) is 4.17. The van der Waals surface area contributed by atoms with Gasteiger partial charge in [0.25, 0.3) is 0 Å². The van der Waals surface area contributed by atoms with Crippen LogP contribution in [0.25, 0.3) is 0 Å². The minimum absolute atomic E-state index is 0.706. The highest BCUT2D eigenvalue weighted by Gasteiger charge is 2.05. The van der Waals surface area contributed by atoms with Crippen LogP contribution < -0.4 is 5.32 Å². The van der Waals surface area contributed by atoms with Crippen LogP contribution in [0.15, 0.2) is 18.2 Å². The highest BCUT2D eigenvalue weighted by molar-refractivity contribution is 6.35. The number of hydrogen-bond acceptors (Lipinski definition) is 1. The van der Waals surface area contributed by atoms with Gasteiger partial charge in [-0.2, -0.15) is 0 Å². The lowest BCUT2D eigenvalue weighted by molar-refractivity contribution is 0.482. The maximum Gasteiger partial charge on any atom is 0.0452 e. The second-order valence-electron chi connectivity index (χ2n) is 4.27. The van der Waals surface area contributed by atoms with Crippen molar-refractivity contribution in [2.24, 2.45) is 5.92 Å².